The van der Waals surface area contributed by atoms with E-state index in [1.807, 2.05) is 6.92 Å². The maximum atomic E-state index is 13.8. The molecular formula is C28H27ClF2N2O5S. The van der Waals surface area contributed by atoms with Gasteiger partial charge in [-0.15, -0.1) is 0 Å². The molecular weight excluding hydrogens is 550 g/mol. The molecule has 0 saturated heterocycles. The maximum Gasteiger partial charge on any atom is 0.255 e. The fraction of sp³-hybridized carbons (Fsp3) is 0.357. The molecule has 39 heavy (non-hydrogen) atoms. The van der Waals surface area contributed by atoms with E-state index < -0.39 is 56.2 Å². The second-order valence-corrected chi connectivity index (χ2v) is 13.0. The third-order valence-electron chi connectivity index (χ3n) is 8.04. The molecule has 0 radical (unpaired) electrons. The van der Waals surface area contributed by atoms with Crippen LogP contribution < -0.4 is 5.32 Å². The highest BCUT2D eigenvalue weighted by Crippen LogP contribution is 2.56. The molecule has 5 atom stereocenters. The largest absolute Gasteiger partial charge is 0.386 e. The molecule has 3 unspecified atom stereocenters. The van der Waals surface area contributed by atoms with Crippen LogP contribution in [-0.4, -0.2) is 40.4 Å². The molecule has 3 aromatic rings. The molecule has 2 aromatic carbocycles. The van der Waals surface area contributed by atoms with Crippen molar-refractivity contribution < 1.29 is 32.2 Å². The molecule has 2 aliphatic rings. The van der Waals surface area contributed by atoms with Crippen LogP contribution in [0.5, 0.6) is 0 Å². The van der Waals surface area contributed by atoms with Gasteiger partial charge in [-0.25, -0.2) is 17.2 Å². The highest BCUT2D eigenvalue weighted by atomic mass is 35.5. The molecule has 206 valence electrons. The number of carbonyl (C=O) groups is 1. The second-order valence-electron chi connectivity index (χ2n) is 10.4. The average Bonchev–Trinajstić information content (AvgIpc) is 3.05. The lowest BCUT2D eigenvalue weighted by Crippen LogP contribution is -2.52. The van der Waals surface area contributed by atoms with Crippen LogP contribution in [0.15, 0.2) is 59.6 Å². The third kappa shape index (κ3) is 4.95. The Hall–Kier alpha value is -2.92. The number of rotatable bonds is 6. The zero-order valence-corrected chi connectivity index (χ0v) is 22.5. The van der Waals surface area contributed by atoms with Crippen molar-refractivity contribution in [2.24, 2.45) is 11.8 Å². The van der Waals surface area contributed by atoms with Crippen LogP contribution in [-0.2, 0) is 9.84 Å². The zero-order chi connectivity index (χ0) is 28.1. The number of fused-ring (bicyclic) bond motifs is 2. The van der Waals surface area contributed by atoms with E-state index in [9.17, 15) is 32.2 Å². The van der Waals surface area contributed by atoms with Gasteiger partial charge >= 0.3 is 0 Å². The second kappa shape index (κ2) is 10.2. The number of carbonyl (C=O) groups excluding carboxylic acids is 1. The molecule has 1 amide bonds. The lowest BCUT2D eigenvalue weighted by atomic mass is 9.70. The smallest absolute Gasteiger partial charge is 0.255 e. The molecule has 2 fully saturated rings. The van der Waals surface area contributed by atoms with Crippen molar-refractivity contribution in [3.05, 3.63) is 88.2 Å². The van der Waals surface area contributed by atoms with Gasteiger partial charge < -0.3 is 15.5 Å². The van der Waals surface area contributed by atoms with E-state index in [1.54, 1.807) is 18.3 Å². The minimum absolute atomic E-state index is 0.00283. The molecule has 1 heterocycles. The van der Waals surface area contributed by atoms with E-state index in [2.05, 4.69) is 10.3 Å². The van der Waals surface area contributed by atoms with E-state index in [0.717, 1.165) is 17.7 Å². The molecule has 2 aliphatic carbocycles. The number of nitrogens with one attached hydrogen (secondary N) is 1. The van der Waals surface area contributed by atoms with Crippen molar-refractivity contribution in [3.63, 3.8) is 0 Å². The number of aromatic nitrogens is 1. The number of aliphatic hydroxyl groups is 2. The molecule has 0 aliphatic heterocycles. The standard InChI is InChI=1S/C28H27ClF2N2O5S/c1-15-8-9-32-24(10-15)26(34)28(36)17-3-4-18(28)13-20(12-17)39(37,38)25-11-16(2-6-21(25)29)27(35)33-19-5-7-22(30)23(31)14-19/h2,5-11,14,17-18,20,26,34,36H,3-4,12-13H2,1H3,(H,33,35)/t17-,18+,20?,26?,28?. The van der Waals surface area contributed by atoms with Gasteiger partial charge in [0.05, 0.1) is 20.9 Å². The van der Waals surface area contributed by atoms with Gasteiger partial charge in [0, 0.05) is 23.5 Å². The fourth-order valence-corrected chi connectivity index (χ4v) is 8.41. The predicted octanol–water partition coefficient (Wildman–Crippen LogP) is 5.00. The number of amides is 1. The van der Waals surface area contributed by atoms with Gasteiger partial charge in [-0.05, 0) is 92.5 Å². The Bertz CT molecular complexity index is 1540. The molecule has 11 heteroatoms. The van der Waals surface area contributed by atoms with Crippen LogP contribution in [0.1, 0.15) is 53.4 Å². The summed E-state index contributed by atoms with van der Waals surface area (Å²) in [6.45, 7) is 1.86. The number of aliphatic hydroxyl groups excluding tert-OH is 1. The summed E-state index contributed by atoms with van der Waals surface area (Å²) in [5, 5.41) is 24.3. The highest BCUT2D eigenvalue weighted by Gasteiger charge is 2.59. The number of hydrogen-bond acceptors (Lipinski definition) is 6. The first kappa shape index (κ1) is 27.6. The summed E-state index contributed by atoms with van der Waals surface area (Å²) < 4.78 is 54.3. The van der Waals surface area contributed by atoms with Crippen molar-refractivity contribution in [2.75, 3.05) is 5.32 Å². The van der Waals surface area contributed by atoms with Crippen LogP contribution in [0.25, 0.3) is 0 Å². The number of aryl methyl sites for hydroxylation is 1. The Labute approximate surface area is 229 Å². The molecule has 1 aromatic heterocycles. The van der Waals surface area contributed by atoms with E-state index in [1.165, 1.54) is 24.3 Å². The summed E-state index contributed by atoms with van der Waals surface area (Å²) in [4.78, 5) is 16.8. The monoisotopic (exact) mass is 576 g/mol. The Morgan fingerprint density at radius 2 is 1.77 bits per heavy atom. The number of pyridine rings is 1. The summed E-state index contributed by atoms with van der Waals surface area (Å²) in [5.41, 5.74) is -0.308. The topological polar surface area (TPSA) is 117 Å². The quantitative estimate of drug-likeness (QED) is 0.380. The summed E-state index contributed by atoms with van der Waals surface area (Å²) in [7, 11) is -4.04. The van der Waals surface area contributed by atoms with Crippen molar-refractivity contribution >= 4 is 33.0 Å². The van der Waals surface area contributed by atoms with Crippen LogP contribution in [0.2, 0.25) is 5.02 Å². The van der Waals surface area contributed by atoms with E-state index >= 15 is 0 Å². The predicted molar refractivity (Wildman–Crippen MR) is 141 cm³/mol. The molecule has 2 bridgehead atoms. The van der Waals surface area contributed by atoms with Crippen LogP contribution in [0.3, 0.4) is 0 Å². The average molecular weight is 577 g/mol. The maximum absolute atomic E-state index is 13.8. The minimum atomic E-state index is -4.04. The van der Waals surface area contributed by atoms with E-state index in [4.69, 9.17) is 11.6 Å². The third-order valence-corrected chi connectivity index (χ3v) is 10.7. The van der Waals surface area contributed by atoms with Crippen molar-refractivity contribution in [1.82, 2.24) is 4.98 Å². The summed E-state index contributed by atoms with van der Waals surface area (Å²) >= 11 is 6.29. The molecule has 3 N–H and O–H groups in total. The molecule has 5 rings (SSSR count). The fourth-order valence-electron chi connectivity index (χ4n) is 6.01. The normalized spacial score (nSPS) is 25.3. The number of sulfone groups is 1. The minimum Gasteiger partial charge on any atom is -0.386 e. The summed E-state index contributed by atoms with van der Waals surface area (Å²) in [6, 6.07) is 10.2. The van der Waals surface area contributed by atoms with Gasteiger partial charge in [0.1, 0.15) is 11.7 Å². The Morgan fingerprint density at radius 3 is 2.41 bits per heavy atom. The Kier molecular flexibility index (Phi) is 7.26. The highest BCUT2D eigenvalue weighted by molar-refractivity contribution is 7.92. The lowest BCUT2D eigenvalue weighted by molar-refractivity contribution is -0.145. The number of nitrogens with zero attached hydrogens (tertiary/aromatic N) is 1. The SMILES string of the molecule is Cc1ccnc(C(O)C2(O)[C@@H]3CC[C@H]2CC(S(=O)(=O)c2cc(C(=O)Nc4ccc(F)c(F)c4)ccc2Cl)C3)c1. The number of benzene rings is 2. The van der Waals surface area contributed by atoms with Gasteiger partial charge in [-0.3, -0.25) is 9.78 Å². The van der Waals surface area contributed by atoms with E-state index in [-0.39, 0.29) is 34.0 Å². The van der Waals surface area contributed by atoms with Gasteiger partial charge in [0.2, 0.25) is 0 Å². The van der Waals surface area contributed by atoms with Crippen molar-refractivity contribution in [3.8, 4) is 0 Å². The molecule has 2 saturated carbocycles. The number of anilines is 1. The van der Waals surface area contributed by atoms with Gasteiger partial charge in [-0.2, -0.15) is 0 Å². The lowest BCUT2D eigenvalue weighted by Gasteiger charge is -2.45. The van der Waals surface area contributed by atoms with E-state index in [0.29, 0.717) is 18.5 Å². The van der Waals surface area contributed by atoms with Crippen LogP contribution >= 0.6 is 11.6 Å². The van der Waals surface area contributed by atoms with Gasteiger partial charge in [0.15, 0.2) is 21.5 Å². The number of halogens is 3. The summed E-state index contributed by atoms with van der Waals surface area (Å²) in [6.07, 6.45) is 1.64. The number of hydrogen-bond donors (Lipinski definition) is 3. The first-order valence-corrected chi connectivity index (χ1v) is 14.5. The first-order valence-electron chi connectivity index (χ1n) is 12.5. The van der Waals surface area contributed by atoms with Gasteiger partial charge in [-0.1, -0.05) is 11.6 Å². The van der Waals surface area contributed by atoms with Crippen LogP contribution in [0.4, 0.5) is 14.5 Å². The molecule has 0 spiro atoms. The zero-order valence-electron chi connectivity index (χ0n) is 20.9. The van der Waals surface area contributed by atoms with Gasteiger partial charge in [0.25, 0.3) is 5.91 Å². The Balaban J connectivity index is 1.39. The Morgan fingerprint density at radius 1 is 1.08 bits per heavy atom. The van der Waals surface area contributed by atoms with Crippen molar-refractivity contribution in [1.29, 1.82) is 0 Å². The van der Waals surface area contributed by atoms with Crippen molar-refractivity contribution in [2.45, 2.75) is 54.5 Å². The van der Waals surface area contributed by atoms with Crippen LogP contribution in [0, 0.1) is 30.4 Å². The molecule has 7 nitrogen and oxygen atoms in total. The first-order chi connectivity index (χ1) is 18.4. The summed E-state index contributed by atoms with van der Waals surface area (Å²) in [5.74, 6) is -3.88.